The van der Waals surface area contributed by atoms with Gasteiger partial charge < -0.3 is 15.2 Å². The maximum absolute atomic E-state index is 9.32. The molecule has 0 aromatic rings. The minimum absolute atomic E-state index is 0.0515. The number of aliphatic hydroxyl groups is 1. The summed E-state index contributed by atoms with van der Waals surface area (Å²) >= 11 is 0. The van der Waals surface area contributed by atoms with Gasteiger partial charge in [0.2, 0.25) is 0 Å². The minimum Gasteiger partial charge on any atom is -0.394 e. The molecule has 84 valence electrons. The van der Waals surface area contributed by atoms with Gasteiger partial charge in [-0.3, -0.25) is 0 Å². The molecule has 1 aliphatic rings. The van der Waals surface area contributed by atoms with E-state index in [9.17, 15) is 5.11 Å². The van der Waals surface area contributed by atoms with Crippen molar-refractivity contribution in [1.82, 2.24) is 5.32 Å². The van der Waals surface area contributed by atoms with Crippen LogP contribution in [0.4, 0.5) is 0 Å². The zero-order chi connectivity index (χ0) is 10.6. The molecule has 0 amide bonds. The van der Waals surface area contributed by atoms with Crippen molar-refractivity contribution in [3.63, 3.8) is 0 Å². The van der Waals surface area contributed by atoms with E-state index < -0.39 is 0 Å². The second kappa shape index (κ2) is 5.10. The molecule has 0 spiro atoms. The van der Waals surface area contributed by atoms with Crippen LogP contribution in [0.2, 0.25) is 0 Å². The van der Waals surface area contributed by atoms with Gasteiger partial charge >= 0.3 is 0 Å². The Labute approximate surface area is 86.8 Å². The number of hydrogen-bond donors (Lipinski definition) is 2. The predicted molar refractivity (Wildman–Crippen MR) is 57.3 cm³/mol. The lowest BCUT2D eigenvalue weighted by molar-refractivity contribution is -0.0698. The van der Waals surface area contributed by atoms with Gasteiger partial charge in [0.15, 0.2) is 0 Å². The SMILES string of the molecule is CCOC1CC(CO)(NCC(C)C)C1. The summed E-state index contributed by atoms with van der Waals surface area (Å²) in [6.45, 7) is 8.34. The van der Waals surface area contributed by atoms with E-state index in [-0.39, 0.29) is 12.1 Å². The topological polar surface area (TPSA) is 41.5 Å². The molecule has 0 heterocycles. The van der Waals surface area contributed by atoms with Crippen molar-refractivity contribution in [3.8, 4) is 0 Å². The molecule has 14 heavy (non-hydrogen) atoms. The third-order valence-electron chi connectivity index (χ3n) is 2.83. The number of aliphatic hydroxyl groups excluding tert-OH is 1. The molecule has 0 radical (unpaired) electrons. The van der Waals surface area contributed by atoms with Crippen LogP contribution in [0.3, 0.4) is 0 Å². The van der Waals surface area contributed by atoms with E-state index in [0.717, 1.165) is 26.0 Å². The number of nitrogens with one attached hydrogen (secondary N) is 1. The lowest BCUT2D eigenvalue weighted by Crippen LogP contribution is -2.61. The van der Waals surface area contributed by atoms with Crippen molar-refractivity contribution in [3.05, 3.63) is 0 Å². The second-order valence-corrected chi connectivity index (χ2v) is 4.70. The first-order valence-corrected chi connectivity index (χ1v) is 5.59. The maximum atomic E-state index is 9.32. The normalized spacial score (nSPS) is 31.9. The summed E-state index contributed by atoms with van der Waals surface area (Å²) in [6, 6.07) is 0. The average Bonchev–Trinajstić information content (AvgIpc) is 2.08. The molecule has 0 bridgehead atoms. The van der Waals surface area contributed by atoms with Gasteiger partial charge in [0.25, 0.3) is 0 Å². The number of ether oxygens (including phenoxy) is 1. The van der Waals surface area contributed by atoms with Crippen LogP contribution >= 0.6 is 0 Å². The van der Waals surface area contributed by atoms with Gasteiger partial charge in [-0.05, 0) is 32.2 Å². The largest absolute Gasteiger partial charge is 0.394 e. The lowest BCUT2D eigenvalue weighted by atomic mass is 9.74. The summed E-state index contributed by atoms with van der Waals surface area (Å²) in [7, 11) is 0. The van der Waals surface area contributed by atoms with Crippen molar-refractivity contribution in [1.29, 1.82) is 0 Å². The van der Waals surface area contributed by atoms with Crippen LogP contribution < -0.4 is 5.32 Å². The monoisotopic (exact) mass is 201 g/mol. The van der Waals surface area contributed by atoms with Crippen LogP contribution in [-0.4, -0.2) is 36.5 Å². The van der Waals surface area contributed by atoms with Crippen molar-refractivity contribution in [2.45, 2.75) is 45.3 Å². The fourth-order valence-corrected chi connectivity index (χ4v) is 1.92. The summed E-state index contributed by atoms with van der Waals surface area (Å²) in [6.07, 6.45) is 2.25. The highest BCUT2D eigenvalue weighted by Crippen LogP contribution is 2.34. The molecule has 1 rings (SSSR count). The first-order valence-electron chi connectivity index (χ1n) is 5.59. The molecular formula is C11H23NO2. The maximum Gasteiger partial charge on any atom is 0.0615 e. The number of hydrogen-bond acceptors (Lipinski definition) is 3. The zero-order valence-corrected chi connectivity index (χ0v) is 9.55. The van der Waals surface area contributed by atoms with Crippen LogP contribution in [0.1, 0.15) is 33.6 Å². The fraction of sp³-hybridized carbons (Fsp3) is 1.00. The van der Waals surface area contributed by atoms with Crippen LogP contribution in [0.5, 0.6) is 0 Å². The van der Waals surface area contributed by atoms with Crippen molar-refractivity contribution in [2.75, 3.05) is 19.8 Å². The van der Waals surface area contributed by atoms with Gasteiger partial charge in [-0.15, -0.1) is 0 Å². The summed E-state index contributed by atoms with van der Waals surface area (Å²) in [5.41, 5.74) is -0.0515. The molecule has 0 aromatic heterocycles. The van der Waals surface area contributed by atoms with Gasteiger partial charge in [-0.2, -0.15) is 0 Å². The Hall–Kier alpha value is -0.120. The first-order chi connectivity index (χ1) is 6.62. The van der Waals surface area contributed by atoms with Crippen LogP contribution in [-0.2, 0) is 4.74 Å². The zero-order valence-electron chi connectivity index (χ0n) is 9.55. The highest BCUT2D eigenvalue weighted by Gasteiger charge is 2.43. The van der Waals surface area contributed by atoms with Crippen LogP contribution in [0.15, 0.2) is 0 Å². The molecule has 0 aromatic carbocycles. The Morgan fingerprint density at radius 3 is 2.57 bits per heavy atom. The van der Waals surface area contributed by atoms with Gasteiger partial charge in [0, 0.05) is 12.1 Å². The predicted octanol–water partition coefficient (Wildman–Crippen LogP) is 1.16. The van der Waals surface area contributed by atoms with E-state index in [2.05, 4.69) is 19.2 Å². The Bertz CT molecular complexity index is 165. The van der Waals surface area contributed by atoms with Gasteiger partial charge in [-0.25, -0.2) is 0 Å². The molecule has 0 aliphatic heterocycles. The molecule has 3 nitrogen and oxygen atoms in total. The molecule has 1 aliphatic carbocycles. The van der Waals surface area contributed by atoms with E-state index in [1.54, 1.807) is 0 Å². The smallest absolute Gasteiger partial charge is 0.0615 e. The third-order valence-corrected chi connectivity index (χ3v) is 2.83. The average molecular weight is 201 g/mol. The van der Waals surface area contributed by atoms with E-state index in [0.29, 0.717) is 12.0 Å². The Balaban J connectivity index is 2.26. The summed E-state index contributed by atoms with van der Waals surface area (Å²) in [5.74, 6) is 0.629. The molecule has 0 saturated heterocycles. The summed E-state index contributed by atoms with van der Waals surface area (Å²) in [5, 5.41) is 12.8. The molecular weight excluding hydrogens is 178 g/mol. The standard InChI is InChI=1S/C11H23NO2/c1-4-14-10-5-11(6-10,8-13)12-7-9(2)3/h9-10,12-13H,4-8H2,1-3H3. The van der Waals surface area contributed by atoms with Gasteiger partial charge in [0.05, 0.1) is 12.7 Å². The highest BCUT2D eigenvalue weighted by molar-refractivity contribution is 5.01. The molecule has 3 heteroatoms. The summed E-state index contributed by atoms with van der Waals surface area (Å²) in [4.78, 5) is 0. The van der Waals surface area contributed by atoms with E-state index in [1.165, 1.54) is 0 Å². The first kappa shape index (κ1) is 12.0. The molecule has 2 N–H and O–H groups in total. The van der Waals surface area contributed by atoms with Crippen molar-refractivity contribution < 1.29 is 9.84 Å². The van der Waals surface area contributed by atoms with E-state index in [1.807, 2.05) is 6.92 Å². The van der Waals surface area contributed by atoms with Gasteiger partial charge in [0.1, 0.15) is 0 Å². The third kappa shape index (κ3) is 2.94. The van der Waals surface area contributed by atoms with E-state index >= 15 is 0 Å². The molecule has 0 unspecified atom stereocenters. The minimum atomic E-state index is -0.0515. The molecule has 1 fully saturated rings. The second-order valence-electron chi connectivity index (χ2n) is 4.70. The molecule has 1 saturated carbocycles. The Morgan fingerprint density at radius 1 is 1.50 bits per heavy atom. The molecule has 0 atom stereocenters. The van der Waals surface area contributed by atoms with Gasteiger partial charge in [-0.1, -0.05) is 13.8 Å². The van der Waals surface area contributed by atoms with Crippen molar-refractivity contribution >= 4 is 0 Å². The van der Waals surface area contributed by atoms with Crippen molar-refractivity contribution in [2.24, 2.45) is 5.92 Å². The quantitative estimate of drug-likeness (QED) is 0.677. The Morgan fingerprint density at radius 2 is 2.14 bits per heavy atom. The lowest BCUT2D eigenvalue weighted by Gasteiger charge is -2.47. The van der Waals surface area contributed by atoms with Crippen LogP contribution in [0, 0.1) is 5.92 Å². The summed E-state index contributed by atoms with van der Waals surface area (Å²) < 4.78 is 5.49. The van der Waals surface area contributed by atoms with Crippen LogP contribution in [0.25, 0.3) is 0 Å². The Kier molecular flexibility index (Phi) is 4.35. The highest BCUT2D eigenvalue weighted by atomic mass is 16.5. The van der Waals surface area contributed by atoms with E-state index in [4.69, 9.17) is 4.74 Å². The number of rotatable bonds is 6. The fourth-order valence-electron chi connectivity index (χ4n) is 1.92.